The molecule has 106 valence electrons. The highest BCUT2D eigenvalue weighted by Crippen LogP contribution is 2.29. The zero-order chi connectivity index (χ0) is 14.7. The van der Waals surface area contributed by atoms with Gasteiger partial charge in [0.25, 0.3) is 0 Å². The van der Waals surface area contributed by atoms with Crippen LogP contribution in [-0.4, -0.2) is 16.2 Å². The molecule has 1 atom stereocenters. The van der Waals surface area contributed by atoms with Gasteiger partial charge in [-0.25, -0.2) is 0 Å². The molecule has 2 aromatic rings. The number of ether oxygens (including phenoxy) is 1. The Morgan fingerprint density at radius 3 is 2.70 bits per heavy atom. The van der Waals surface area contributed by atoms with E-state index in [4.69, 9.17) is 4.74 Å². The lowest BCUT2D eigenvalue weighted by atomic mass is 10.0. The summed E-state index contributed by atoms with van der Waals surface area (Å²) >= 11 is 2.26. The standard InChI is InChI=1S/C16H18INO2/c1-10(2)20-13-7-12(8-18-9-13)16(19)14-6-4-5-11(3)15(14)17/h4-10,16,19H,1-3H3. The van der Waals surface area contributed by atoms with E-state index in [-0.39, 0.29) is 6.10 Å². The van der Waals surface area contributed by atoms with Crippen molar-refractivity contribution in [1.29, 1.82) is 0 Å². The second kappa shape index (κ2) is 6.54. The van der Waals surface area contributed by atoms with E-state index in [2.05, 4.69) is 27.6 Å². The van der Waals surface area contributed by atoms with Crippen molar-refractivity contribution in [3.63, 3.8) is 0 Å². The van der Waals surface area contributed by atoms with Crippen LogP contribution in [0.25, 0.3) is 0 Å². The number of halogens is 1. The second-order valence-corrected chi connectivity index (χ2v) is 6.08. The van der Waals surface area contributed by atoms with Crippen LogP contribution in [0, 0.1) is 10.5 Å². The van der Waals surface area contributed by atoms with Gasteiger partial charge in [0.05, 0.1) is 12.3 Å². The smallest absolute Gasteiger partial charge is 0.138 e. The van der Waals surface area contributed by atoms with Crippen LogP contribution >= 0.6 is 22.6 Å². The van der Waals surface area contributed by atoms with Crippen LogP contribution in [0.5, 0.6) is 5.75 Å². The third kappa shape index (κ3) is 3.49. The summed E-state index contributed by atoms with van der Waals surface area (Å²) in [5.41, 5.74) is 2.80. The third-order valence-electron chi connectivity index (χ3n) is 2.94. The number of aryl methyl sites for hydroxylation is 1. The van der Waals surface area contributed by atoms with Gasteiger partial charge in [0.2, 0.25) is 0 Å². The quantitative estimate of drug-likeness (QED) is 0.816. The maximum absolute atomic E-state index is 10.6. The molecule has 0 amide bonds. The van der Waals surface area contributed by atoms with Crippen molar-refractivity contribution in [1.82, 2.24) is 4.98 Å². The van der Waals surface area contributed by atoms with E-state index >= 15 is 0 Å². The average Bonchev–Trinajstić information content (AvgIpc) is 2.41. The van der Waals surface area contributed by atoms with Crippen LogP contribution in [0.4, 0.5) is 0 Å². The summed E-state index contributed by atoms with van der Waals surface area (Å²) in [6, 6.07) is 7.78. The van der Waals surface area contributed by atoms with Crippen LogP contribution in [0.15, 0.2) is 36.7 Å². The molecule has 0 aliphatic rings. The van der Waals surface area contributed by atoms with Gasteiger partial charge in [0.15, 0.2) is 0 Å². The lowest BCUT2D eigenvalue weighted by Gasteiger charge is -2.16. The van der Waals surface area contributed by atoms with Crippen molar-refractivity contribution < 1.29 is 9.84 Å². The van der Waals surface area contributed by atoms with E-state index in [1.54, 1.807) is 12.4 Å². The first-order valence-electron chi connectivity index (χ1n) is 6.53. The molecule has 1 aromatic carbocycles. The van der Waals surface area contributed by atoms with Crippen LogP contribution in [0.2, 0.25) is 0 Å². The number of hydrogen-bond donors (Lipinski definition) is 1. The van der Waals surface area contributed by atoms with E-state index in [0.29, 0.717) is 5.75 Å². The summed E-state index contributed by atoms with van der Waals surface area (Å²) in [6.07, 6.45) is 2.74. The molecule has 0 aliphatic carbocycles. The molecule has 0 saturated heterocycles. The summed E-state index contributed by atoms with van der Waals surface area (Å²) in [7, 11) is 0. The molecule has 1 N–H and O–H groups in total. The Hall–Kier alpha value is -1.14. The van der Waals surface area contributed by atoms with Gasteiger partial charge in [-0.1, -0.05) is 18.2 Å². The number of benzene rings is 1. The minimum atomic E-state index is -0.690. The maximum atomic E-state index is 10.6. The Balaban J connectivity index is 2.33. The lowest BCUT2D eigenvalue weighted by molar-refractivity contribution is 0.214. The number of hydrogen-bond acceptors (Lipinski definition) is 3. The topological polar surface area (TPSA) is 42.4 Å². The van der Waals surface area contributed by atoms with Gasteiger partial charge in [-0.2, -0.15) is 0 Å². The summed E-state index contributed by atoms with van der Waals surface area (Å²) in [5, 5.41) is 10.6. The fraction of sp³-hybridized carbons (Fsp3) is 0.312. The monoisotopic (exact) mass is 383 g/mol. The molecular formula is C16H18INO2. The molecule has 3 nitrogen and oxygen atoms in total. The average molecular weight is 383 g/mol. The number of aliphatic hydroxyl groups is 1. The number of aromatic nitrogens is 1. The van der Waals surface area contributed by atoms with Crippen LogP contribution in [-0.2, 0) is 0 Å². The third-order valence-corrected chi connectivity index (χ3v) is 4.41. The van der Waals surface area contributed by atoms with E-state index in [1.165, 1.54) is 0 Å². The molecule has 0 fully saturated rings. The van der Waals surface area contributed by atoms with E-state index in [0.717, 1.165) is 20.3 Å². The predicted octanol–water partition coefficient (Wildman–Crippen LogP) is 3.86. The van der Waals surface area contributed by atoms with Crippen molar-refractivity contribution in [2.24, 2.45) is 0 Å². The molecule has 4 heteroatoms. The number of aliphatic hydroxyl groups excluding tert-OH is 1. The molecule has 0 radical (unpaired) electrons. The molecule has 0 bridgehead atoms. The summed E-state index contributed by atoms with van der Waals surface area (Å²) < 4.78 is 6.70. The maximum Gasteiger partial charge on any atom is 0.138 e. The highest BCUT2D eigenvalue weighted by Gasteiger charge is 2.16. The second-order valence-electron chi connectivity index (χ2n) is 5.00. The number of nitrogens with zero attached hydrogens (tertiary/aromatic N) is 1. The SMILES string of the molecule is Cc1cccc(C(O)c2cncc(OC(C)C)c2)c1I. The van der Waals surface area contributed by atoms with Gasteiger partial charge >= 0.3 is 0 Å². The van der Waals surface area contributed by atoms with Crippen molar-refractivity contribution in [3.05, 3.63) is 56.9 Å². The lowest BCUT2D eigenvalue weighted by Crippen LogP contribution is -2.08. The minimum absolute atomic E-state index is 0.0864. The molecule has 1 unspecified atom stereocenters. The first kappa shape index (κ1) is 15.3. The molecule has 20 heavy (non-hydrogen) atoms. The Labute approximate surface area is 133 Å². The van der Waals surface area contributed by atoms with Crippen molar-refractivity contribution in [3.8, 4) is 5.75 Å². The summed E-state index contributed by atoms with van der Waals surface area (Å²) in [5.74, 6) is 0.680. The number of rotatable bonds is 4. The first-order valence-corrected chi connectivity index (χ1v) is 7.61. The Morgan fingerprint density at radius 2 is 2.00 bits per heavy atom. The Kier molecular flexibility index (Phi) is 4.99. The van der Waals surface area contributed by atoms with Gasteiger partial charge in [-0.3, -0.25) is 4.98 Å². The highest BCUT2D eigenvalue weighted by molar-refractivity contribution is 14.1. The molecule has 2 rings (SSSR count). The molecule has 0 spiro atoms. The zero-order valence-corrected chi connectivity index (χ0v) is 14.0. The van der Waals surface area contributed by atoms with E-state index in [1.807, 2.05) is 45.0 Å². The van der Waals surface area contributed by atoms with E-state index in [9.17, 15) is 5.11 Å². The van der Waals surface area contributed by atoms with Crippen molar-refractivity contribution >= 4 is 22.6 Å². The molecule has 1 aromatic heterocycles. The summed E-state index contributed by atoms with van der Waals surface area (Å²) in [6.45, 7) is 5.97. The van der Waals surface area contributed by atoms with Gasteiger partial charge in [-0.05, 0) is 60.6 Å². The normalized spacial score (nSPS) is 12.5. The zero-order valence-electron chi connectivity index (χ0n) is 11.8. The van der Waals surface area contributed by atoms with Crippen molar-refractivity contribution in [2.75, 3.05) is 0 Å². The molecular weight excluding hydrogens is 365 g/mol. The minimum Gasteiger partial charge on any atom is -0.489 e. The largest absolute Gasteiger partial charge is 0.489 e. The number of pyridine rings is 1. The van der Waals surface area contributed by atoms with Gasteiger partial charge in [-0.15, -0.1) is 0 Å². The van der Waals surface area contributed by atoms with Gasteiger partial charge in [0.1, 0.15) is 11.9 Å². The van der Waals surface area contributed by atoms with E-state index < -0.39 is 6.10 Å². The summed E-state index contributed by atoms with van der Waals surface area (Å²) in [4.78, 5) is 4.15. The van der Waals surface area contributed by atoms with Crippen molar-refractivity contribution in [2.45, 2.75) is 33.0 Å². The molecule has 0 saturated carbocycles. The van der Waals surface area contributed by atoms with Crippen LogP contribution < -0.4 is 4.74 Å². The van der Waals surface area contributed by atoms with Crippen LogP contribution in [0.1, 0.15) is 36.6 Å². The highest BCUT2D eigenvalue weighted by atomic mass is 127. The fourth-order valence-corrected chi connectivity index (χ4v) is 2.64. The van der Waals surface area contributed by atoms with Gasteiger partial charge in [0, 0.05) is 15.3 Å². The first-order chi connectivity index (χ1) is 9.49. The van der Waals surface area contributed by atoms with Crippen LogP contribution in [0.3, 0.4) is 0 Å². The van der Waals surface area contributed by atoms with Gasteiger partial charge < -0.3 is 9.84 Å². The molecule has 0 aliphatic heterocycles. The Bertz CT molecular complexity index is 599. The molecule has 1 heterocycles. The Morgan fingerprint density at radius 1 is 1.25 bits per heavy atom. The predicted molar refractivity (Wildman–Crippen MR) is 88.0 cm³/mol. The fourth-order valence-electron chi connectivity index (χ4n) is 1.98.